The summed E-state index contributed by atoms with van der Waals surface area (Å²) in [7, 11) is 0. The van der Waals surface area contributed by atoms with Crippen LogP contribution in [-0.4, -0.2) is 48.8 Å². The SMILES string of the molecule is CC(C)C[C@@H](C)NC(=O)C(C)NC(=O)[C@H](CCCCN)NC(=O)C[C@H](C)c1ccccc1.CCCC.NC=O. The highest BCUT2D eigenvalue weighted by molar-refractivity contribution is 5.92. The van der Waals surface area contributed by atoms with Gasteiger partial charge in [-0.15, -0.1) is 0 Å². The zero-order valence-corrected chi connectivity index (χ0v) is 25.3. The number of rotatable bonds is 15. The Kier molecular flexibility index (Phi) is 23.6. The summed E-state index contributed by atoms with van der Waals surface area (Å²) in [6.45, 7) is 14.7. The third-order valence-electron chi connectivity index (χ3n) is 5.92. The first-order chi connectivity index (χ1) is 18.5. The van der Waals surface area contributed by atoms with E-state index in [4.69, 9.17) is 10.5 Å². The van der Waals surface area contributed by atoms with Crippen LogP contribution < -0.4 is 27.4 Å². The fourth-order valence-electron chi connectivity index (χ4n) is 3.71. The largest absolute Gasteiger partial charge is 0.372 e. The molecular formula is C30H55N5O4. The maximum Gasteiger partial charge on any atom is 0.243 e. The summed E-state index contributed by atoms with van der Waals surface area (Å²) < 4.78 is 0. The van der Waals surface area contributed by atoms with Crippen LogP contribution >= 0.6 is 0 Å². The molecule has 0 aliphatic carbocycles. The van der Waals surface area contributed by atoms with Crippen molar-refractivity contribution in [1.82, 2.24) is 16.0 Å². The number of nitrogens with one attached hydrogen (secondary N) is 3. The van der Waals surface area contributed by atoms with Crippen molar-refractivity contribution in [2.45, 2.75) is 117 Å². The second kappa shape index (κ2) is 24.1. The molecule has 1 aromatic rings. The first kappa shape index (κ1) is 38.2. The van der Waals surface area contributed by atoms with Crippen molar-refractivity contribution in [3.8, 4) is 0 Å². The van der Waals surface area contributed by atoms with Crippen LogP contribution in [0.5, 0.6) is 0 Å². The second-order valence-electron chi connectivity index (χ2n) is 10.3. The molecule has 4 amide bonds. The summed E-state index contributed by atoms with van der Waals surface area (Å²) in [6.07, 6.45) is 6.00. The van der Waals surface area contributed by atoms with Crippen molar-refractivity contribution < 1.29 is 19.2 Å². The maximum atomic E-state index is 12.9. The predicted octanol–water partition coefficient (Wildman–Crippen LogP) is 3.76. The summed E-state index contributed by atoms with van der Waals surface area (Å²) in [5.41, 5.74) is 10.8. The molecular weight excluding hydrogens is 494 g/mol. The van der Waals surface area contributed by atoms with Gasteiger partial charge >= 0.3 is 0 Å². The fraction of sp³-hybridized carbons (Fsp3) is 0.667. The Hall–Kier alpha value is -2.94. The normalized spacial score (nSPS) is 13.3. The van der Waals surface area contributed by atoms with Gasteiger partial charge in [-0.05, 0) is 63.5 Å². The van der Waals surface area contributed by atoms with Gasteiger partial charge in [0.1, 0.15) is 12.1 Å². The van der Waals surface area contributed by atoms with E-state index in [0.29, 0.717) is 18.9 Å². The van der Waals surface area contributed by atoms with Gasteiger partial charge in [0.2, 0.25) is 24.1 Å². The molecule has 0 fully saturated rings. The molecule has 0 bridgehead atoms. The van der Waals surface area contributed by atoms with Gasteiger partial charge in [0, 0.05) is 12.5 Å². The molecule has 9 nitrogen and oxygen atoms in total. The quantitative estimate of drug-likeness (QED) is 0.166. The highest BCUT2D eigenvalue weighted by Crippen LogP contribution is 2.18. The van der Waals surface area contributed by atoms with Gasteiger partial charge in [0.25, 0.3) is 0 Å². The standard InChI is InChI=1S/C25H42N4O3.C4H10.CH3NO/c1-17(2)15-19(4)27-24(31)20(5)28-25(32)22(13-9-10-14-26)29-23(30)16-18(3)21-11-7-6-8-12-21;1-3-4-2;2-1-3/h6-8,11-12,17-20,22H,9-10,13-16,26H2,1-5H3,(H,27,31)(H,28,32)(H,29,30);3-4H2,1-2H3;1H,(H2,2,3)/t18-,19+,20?,22-;;/m0../s1. The Bertz CT molecular complexity index is 787. The van der Waals surface area contributed by atoms with Crippen LogP contribution in [0.1, 0.15) is 105 Å². The van der Waals surface area contributed by atoms with Crippen LogP contribution in [0.25, 0.3) is 0 Å². The van der Waals surface area contributed by atoms with E-state index in [2.05, 4.69) is 49.4 Å². The molecule has 1 aromatic carbocycles. The summed E-state index contributed by atoms with van der Waals surface area (Å²) in [4.78, 5) is 46.5. The average molecular weight is 550 g/mol. The summed E-state index contributed by atoms with van der Waals surface area (Å²) >= 11 is 0. The highest BCUT2D eigenvalue weighted by Gasteiger charge is 2.25. The number of hydrogen-bond acceptors (Lipinski definition) is 5. The van der Waals surface area contributed by atoms with Gasteiger partial charge in [0.05, 0.1) is 0 Å². The summed E-state index contributed by atoms with van der Waals surface area (Å²) in [6, 6.07) is 8.46. The minimum absolute atomic E-state index is 0.0291. The molecule has 224 valence electrons. The van der Waals surface area contributed by atoms with E-state index in [0.717, 1.165) is 24.8 Å². The molecule has 0 aliphatic heterocycles. The van der Waals surface area contributed by atoms with Crippen molar-refractivity contribution in [3.63, 3.8) is 0 Å². The number of benzene rings is 1. The highest BCUT2D eigenvalue weighted by atomic mass is 16.2. The molecule has 0 spiro atoms. The molecule has 7 N–H and O–H groups in total. The number of carbonyl (C=O) groups excluding carboxylic acids is 4. The maximum absolute atomic E-state index is 12.9. The van der Waals surface area contributed by atoms with E-state index >= 15 is 0 Å². The molecule has 39 heavy (non-hydrogen) atoms. The fourth-order valence-corrected chi connectivity index (χ4v) is 3.71. The lowest BCUT2D eigenvalue weighted by atomic mass is 9.97. The van der Waals surface area contributed by atoms with Crippen molar-refractivity contribution in [1.29, 1.82) is 0 Å². The predicted molar refractivity (Wildman–Crippen MR) is 160 cm³/mol. The minimum Gasteiger partial charge on any atom is -0.372 e. The van der Waals surface area contributed by atoms with E-state index < -0.39 is 12.1 Å². The van der Waals surface area contributed by atoms with Crippen LogP contribution in [-0.2, 0) is 19.2 Å². The lowest BCUT2D eigenvalue weighted by Crippen LogP contribution is -2.53. The van der Waals surface area contributed by atoms with Gasteiger partial charge in [-0.3, -0.25) is 19.2 Å². The van der Waals surface area contributed by atoms with Crippen LogP contribution in [0.4, 0.5) is 0 Å². The van der Waals surface area contributed by atoms with E-state index in [1.807, 2.05) is 44.2 Å². The topological polar surface area (TPSA) is 156 Å². The summed E-state index contributed by atoms with van der Waals surface area (Å²) in [5.74, 6) is -0.248. The molecule has 0 saturated carbocycles. The molecule has 1 unspecified atom stereocenters. The number of amides is 4. The lowest BCUT2D eigenvalue weighted by molar-refractivity contribution is -0.132. The van der Waals surface area contributed by atoms with Gasteiger partial charge in [-0.2, -0.15) is 0 Å². The van der Waals surface area contributed by atoms with Gasteiger partial charge in [-0.1, -0.05) is 77.8 Å². The Morgan fingerprint density at radius 2 is 1.44 bits per heavy atom. The minimum atomic E-state index is -0.694. The monoisotopic (exact) mass is 549 g/mol. The smallest absolute Gasteiger partial charge is 0.243 e. The molecule has 0 aliphatic rings. The van der Waals surface area contributed by atoms with Crippen LogP contribution in [0.3, 0.4) is 0 Å². The molecule has 4 atom stereocenters. The van der Waals surface area contributed by atoms with Gasteiger partial charge < -0.3 is 27.4 Å². The number of unbranched alkanes of at least 4 members (excludes halogenated alkanes) is 2. The van der Waals surface area contributed by atoms with Crippen LogP contribution in [0.15, 0.2) is 30.3 Å². The Morgan fingerprint density at radius 3 is 1.92 bits per heavy atom. The van der Waals surface area contributed by atoms with Gasteiger partial charge in [0.15, 0.2) is 0 Å². The number of nitrogens with two attached hydrogens (primary N) is 2. The second-order valence-corrected chi connectivity index (χ2v) is 10.3. The zero-order valence-electron chi connectivity index (χ0n) is 25.3. The average Bonchev–Trinajstić information content (AvgIpc) is 2.88. The molecule has 0 radical (unpaired) electrons. The van der Waals surface area contributed by atoms with Crippen molar-refractivity contribution in [2.24, 2.45) is 17.4 Å². The Morgan fingerprint density at radius 1 is 0.872 bits per heavy atom. The number of carbonyl (C=O) groups is 4. The Balaban J connectivity index is 0. The first-order valence-electron chi connectivity index (χ1n) is 14.3. The first-order valence-corrected chi connectivity index (χ1v) is 14.3. The van der Waals surface area contributed by atoms with Crippen LogP contribution in [0, 0.1) is 5.92 Å². The molecule has 0 aromatic heterocycles. The molecule has 0 heterocycles. The lowest BCUT2D eigenvalue weighted by Gasteiger charge is -2.23. The molecule has 1 rings (SSSR count). The van der Waals surface area contributed by atoms with Crippen LogP contribution in [0.2, 0.25) is 0 Å². The van der Waals surface area contributed by atoms with Gasteiger partial charge in [-0.25, -0.2) is 0 Å². The molecule has 9 heteroatoms. The van der Waals surface area contributed by atoms with E-state index in [1.165, 1.54) is 12.8 Å². The third kappa shape index (κ3) is 20.7. The molecule has 0 saturated heterocycles. The van der Waals surface area contributed by atoms with E-state index in [-0.39, 0.29) is 42.5 Å². The third-order valence-corrected chi connectivity index (χ3v) is 5.92. The van der Waals surface area contributed by atoms with E-state index in [9.17, 15) is 14.4 Å². The van der Waals surface area contributed by atoms with Crippen molar-refractivity contribution >= 4 is 24.1 Å². The Labute approximate surface area is 236 Å². The van der Waals surface area contributed by atoms with E-state index in [1.54, 1.807) is 6.92 Å². The number of primary amides is 1. The zero-order chi connectivity index (χ0) is 30.2. The van der Waals surface area contributed by atoms with Crippen molar-refractivity contribution in [3.05, 3.63) is 35.9 Å². The summed E-state index contributed by atoms with van der Waals surface area (Å²) in [5, 5.41) is 8.56. The number of hydrogen-bond donors (Lipinski definition) is 5. The van der Waals surface area contributed by atoms with Crippen molar-refractivity contribution in [2.75, 3.05) is 6.54 Å².